The van der Waals surface area contributed by atoms with E-state index >= 15 is 0 Å². The van der Waals surface area contributed by atoms with Crippen LogP contribution in [0.4, 0.5) is 0 Å². The molecule has 9 nitrogen and oxygen atoms in total. The van der Waals surface area contributed by atoms with Crippen LogP contribution in [0.25, 0.3) is 0 Å². The molecule has 0 radical (unpaired) electrons. The largest absolute Gasteiger partial charge is 0.480 e. The fraction of sp³-hybridized carbons (Fsp3) is 0.789. The maximum Gasteiger partial charge on any atom is 0.322 e. The first-order valence-corrected chi connectivity index (χ1v) is 11.3. The lowest BCUT2D eigenvalue weighted by atomic mass is 9.95. The number of nitrogens with two attached hydrogens (primary N) is 1. The Kier molecular flexibility index (Phi) is 13.3. The van der Waals surface area contributed by atoms with Gasteiger partial charge < -0.3 is 26.8 Å². The lowest BCUT2D eigenvalue weighted by Gasteiger charge is -2.28. The summed E-state index contributed by atoms with van der Waals surface area (Å²) in [5.41, 5.74) is 5.98. The second kappa shape index (κ2) is 14.2. The molecule has 0 heterocycles. The summed E-state index contributed by atoms with van der Waals surface area (Å²) in [4.78, 5) is 48.4. The molecule has 0 aliphatic rings. The number of amides is 3. The number of thioether (sulfide) groups is 1. The van der Waals surface area contributed by atoms with Gasteiger partial charge in [-0.25, -0.2) is 0 Å². The van der Waals surface area contributed by atoms with Crippen LogP contribution in [0.2, 0.25) is 0 Å². The van der Waals surface area contributed by atoms with Gasteiger partial charge in [0, 0.05) is 0 Å². The summed E-state index contributed by atoms with van der Waals surface area (Å²) in [5.74, 6) is -2.24. The second-order valence-corrected chi connectivity index (χ2v) is 8.22. The van der Waals surface area contributed by atoms with E-state index in [0.29, 0.717) is 18.6 Å². The summed E-state index contributed by atoms with van der Waals surface area (Å²) in [5, 5.41) is 16.4. The lowest BCUT2D eigenvalue weighted by molar-refractivity contribution is -0.138. The number of carboxylic acid groups (broad SMARTS) is 1. The normalized spacial score (nSPS) is 16.1. The minimum absolute atomic E-state index is 0.0354. The molecule has 0 aliphatic heterocycles. The minimum Gasteiger partial charge on any atom is -0.480 e. The zero-order valence-corrected chi connectivity index (χ0v) is 18.8. The summed E-state index contributed by atoms with van der Waals surface area (Å²) in [6.45, 7) is 7.01. The van der Waals surface area contributed by atoms with Crippen LogP contribution in [0.15, 0.2) is 0 Å². The first-order valence-electron chi connectivity index (χ1n) is 9.93. The molecule has 10 heteroatoms. The molecule has 168 valence electrons. The summed E-state index contributed by atoms with van der Waals surface area (Å²) in [6, 6.07) is -2.46. The van der Waals surface area contributed by atoms with Crippen molar-refractivity contribution in [2.24, 2.45) is 17.6 Å². The first-order chi connectivity index (χ1) is 13.6. The predicted molar refractivity (Wildman–Crippen MR) is 114 cm³/mol. The average Bonchev–Trinajstić information content (AvgIpc) is 2.70. The summed E-state index contributed by atoms with van der Waals surface area (Å²) in [7, 11) is 0. The highest BCUT2D eigenvalue weighted by molar-refractivity contribution is 7.98. The van der Waals surface area contributed by atoms with E-state index in [4.69, 9.17) is 10.8 Å². The van der Waals surface area contributed by atoms with Crippen molar-refractivity contribution >= 4 is 35.5 Å². The molecule has 0 spiro atoms. The van der Waals surface area contributed by atoms with E-state index in [9.17, 15) is 19.2 Å². The van der Waals surface area contributed by atoms with Crippen molar-refractivity contribution in [3.8, 4) is 0 Å². The molecule has 0 saturated carbocycles. The number of carboxylic acids is 1. The van der Waals surface area contributed by atoms with Gasteiger partial charge in [-0.3, -0.25) is 19.2 Å². The lowest BCUT2D eigenvalue weighted by Crippen LogP contribution is -2.58. The third kappa shape index (κ3) is 9.98. The number of aliphatic carboxylic acids is 1. The van der Waals surface area contributed by atoms with Crippen LogP contribution >= 0.6 is 11.8 Å². The fourth-order valence-corrected chi connectivity index (χ4v) is 2.99. The smallest absolute Gasteiger partial charge is 0.322 e. The van der Waals surface area contributed by atoms with Crippen LogP contribution in [0.3, 0.4) is 0 Å². The van der Waals surface area contributed by atoms with E-state index in [1.165, 1.54) is 11.8 Å². The molecular weight excluding hydrogens is 396 g/mol. The van der Waals surface area contributed by atoms with Gasteiger partial charge in [0.1, 0.15) is 18.6 Å². The highest BCUT2D eigenvalue weighted by Gasteiger charge is 2.31. The third-order valence-electron chi connectivity index (χ3n) is 5.01. The van der Waals surface area contributed by atoms with E-state index in [0.717, 1.165) is 6.42 Å². The van der Waals surface area contributed by atoms with Gasteiger partial charge in [-0.15, -0.1) is 0 Å². The van der Waals surface area contributed by atoms with Crippen molar-refractivity contribution in [3.05, 3.63) is 0 Å². The summed E-state index contributed by atoms with van der Waals surface area (Å²) >= 11 is 1.50. The molecule has 5 atom stereocenters. The van der Waals surface area contributed by atoms with Crippen LogP contribution in [0.1, 0.15) is 47.0 Å². The van der Waals surface area contributed by atoms with Gasteiger partial charge in [0.15, 0.2) is 0 Å². The molecule has 0 saturated heterocycles. The van der Waals surface area contributed by atoms with Crippen molar-refractivity contribution in [1.82, 2.24) is 16.0 Å². The molecule has 0 bridgehead atoms. The van der Waals surface area contributed by atoms with Crippen molar-refractivity contribution in [2.75, 3.05) is 18.6 Å². The Labute approximate surface area is 177 Å². The number of nitrogens with one attached hydrogen (secondary N) is 3. The van der Waals surface area contributed by atoms with E-state index < -0.39 is 48.4 Å². The van der Waals surface area contributed by atoms with Crippen molar-refractivity contribution in [2.45, 2.75) is 65.1 Å². The molecule has 5 unspecified atom stereocenters. The number of carbonyl (C=O) groups is 4. The average molecular weight is 433 g/mol. The van der Waals surface area contributed by atoms with E-state index in [1.807, 2.05) is 34.0 Å². The Bertz CT molecular complexity index is 561. The quantitative estimate of drug-likeness (QED) is 0.265. The van der Waals surface area contributed by atoms with Crippen LogP contribution in [-0.2, 0) is 19.2 Å². The molecule has 0 aliphatic carbocycles. The number of hydrogen-bond donors (Lipinski definition) is 5. The summed E-state index contributed by atoms with van der Waals surface area (Å²) < 4.78 is 0. The maximum absolute atomic E-state index is 12.9. The monoisotopic (exact) mass is 432 g/mol. The molecule has 0 aromatic heterocycles. The van der Waals surface area contributed by atoms with E-state index in [2.05, 4.69) is 16.0 Å². The molecule has 0 fully saturated rings. The van der Waals surface area contributed by atoms with Crippen LogP contribution in [0, 0.1) is 11.8 Å². The van der Waals surface area contributed by atoms with Gasteiger partial charge in [-0.05, 0) is 30.3 Å². The third-order valence-corrected chi connectivity index (χ3v) is 5.65. The Morgan fingerprint density at radius 1 is 0.966 bits per heavy atom. The number of carbonyl (C=O) groups excluding carboxylic acids is 3. The minimum atomic E-state index is -1.17. The predicted octanol–water partition coefficient (Wildman–Crippen LogP) is 0.329. The maximum atomic E-state index is 12.9. The van der Waals surface area contributed by atoms with Crippen molar-refractivity contribution in [3.63, 3.8) is 0 Å². The highest BCUT2D eigenvalue weighted by atomic mass is 32.2. The summed E-state index contributed by atoms with van der Waals surface area (Å²) in [6.07, 6.45) is 3.57. The topological polar surface area (TPSA) is 151 Å². The van der Waals surface area contributed by atoms with Gasteiger partial charge in [-0.1, -0.05) is 40.5 Å². The van der Waals surface area contributed by atoms with Gasteiger partial charge in [0.05, 0.1) is 6.04 Å². The first kappa shape index (κ1) is 27.2. The van der Waals surface area contributed by atoms with Gasteiger partial charge in [0.2, 0.25) is 17.7 Å². The SMILES string of the molecule is CCC(C)C(N)C(=O)NC(C(=O)NC(CCSC)C(=O)NCC(=O)O)C(C)CC. The zero-order valence-electron chi connectivity index (χ0n) is 18.0. The van der Waals surface area contributed by atoms with Crippen molar-refractivity contribution < 1.29 is 24.3 Å². The molecule has 6 N–H and O–H groups in total. The molecule has 3 amide bonds. The van der Waals surface area contributed by atoms with Gasteiger partial charge in [0.25, 0.3) is 0 Å². The van der Waals surface area contributed by atoms with Crippen LogP contribution in [0.5, 0.6) is 0 Å². The fourth-order valence-electron chi connectivity index (χ4n) is 2.52. The Morgan fingerprint density at radius 3 is 2.03 bits per heavy atom. The Hall–Kier alpha value is -1.81. The molecule has 29 heavy (non-hydrogen) atoms. The van der Waals surface area contributed by atoms with E-state index in [1.54, 1.807) is 0 Å². The van der Waals surface area contributed by atoms with Crippen LogP contribution in [-0.4, -0.2) is 65.5 Å². The van der Waals surface area contributed by atoms with Gasteiger partial charge >= 0.3 is 5.97 Å². The molecule has 0 aromatic rings. The Balaban J connectivity index is 5.29. The zero-order chi connectivity index (χ0) is 22.6. The highest BCUT2D eigenvalue weighted by Crippen LogP contribution is 2.12. The molecular formula is C19H36N4O5S. The molecule has 0 aromatic carbocycles. The van der Waals surface area contributed by atoms with Crippen LogP contribution < -0.4 is 21.7 Å². The second-order valence-electron chi connectivity index (χ2n) is 7.24. The Morgan fingerprint density at radius 2 is 1.55 bits per heavy atom. The van der Waals surface area contributed by atoms with Crippen molar-refractivity contribution in [1.29, 1.82) is 0 Å². The molecule has 0 rings (SSSR count). The standard InChI is InChI=1S/C19H36N4O5S/c1-6-11(3)15(20)18(27)23-16(12(4)7-2)19(28)22-13(8-9-29-5)17(26)21-10-14(24)25/h11-13,15-16H,6-10,20H2,1-5H3,(H,21,26)(H,22,28)(H,23,27)(H,24,25). The number of hydrogen-bond acceptors (Lipinski definition) is 6. The number of rotatable bonds is 14. The van der Waals surface area contributed by atoms with Gasteiger partial charge in [-0.2, -0.15) is 11.8 Å². The van der Waals surface area contributed by atoms with E-state index in [-0.39, 0.29) is 11.8 Å².